The maximum atomic E-state index is 13.1. The first-order chi connectivity index (χ1) is 15.8. The average molecular weight is 461 g/mol. The third-order valence-electron chi connectivity index (χ3n) is 7.21. The lowest BCUT2D eigenvalue weighted by molar-refractivity contribution is -0.912. The summed E-state index contributed by atoms with van der Waals surface area (Å²) in [4.78, 5) is 42.6. The van der Waals surface area contributed by atoms with Crippen LogP contribution in [0.3, 0.4) is 0 Å². The monoisotopic (exact) mass is 460 g/mol. The van der Waals surface area contributed by atoms with Crippen LogP contribution in [-0.2, 0) is 14.4 Å². The molecule has 0 aromatic rings. The van der Waals surface area contributed by atoms with Crippen LogP contribution < -0.4 is 10.6 Å². The number of rotatable bonds is 9. The second-order valence-corrected chi connectivity index (χ2v) is 10.1. The van der Waals surface area contributed by atoms with Gasteiger partial charge in [0.15, 0.2) is 12.3 Å². The quantitative estimate of drug-likeness (QED) is 0.503. The van der Waals surface area contributed by atoms with E-state index in [-0.39, 0.29) is 24.1 Å². The minimum absolute atomic E-state index is 0.102. The molecule has 2 fully saturated rings. The van der Waals surface area contributed by atoms with Crippen molar-refractivity contribution in [2.24, 2.45) is 0 Å². The zero-order valence-electron chi connectivity index (χ0n) is 20.8. The van der Waals surface area contributed by atoms with Gasteiger partial charge in [0.2, 0.25) is 5.91 Å². The maximum Gasteiger partial charge on any atom is 0.279 e. The molecule has 2 amide bonds. The number of ketones is 1. The molecule has 2 N–H and O–H groups in total. The molecular weight excluding hydrogens is 418 g/mol. The van der Waals surface area contributed by atoms with Crippen molar-refractivity contribution in [3.8, 4) is 0 Å². The summed E-state index contributed by atoms with van der Waals surface area (Å²) < 4.78 is 0.532. The fourth-order valence-corrected chi connectivity index (χ4v) is 5.27. The summed E-state index contributed by atoms with van der Waals surface area (Å²) in [6.07, 6.45) is 6.94. The zero-order chi connectivity index (χ0) is 23.8. The summed E-state index contributed by atoms with van der Waals surface area (Å²) in [7, 11) is 2.13. The molecule has 0 aromatic carbocycles. The summed E-state index contributed by atoms with van der Waals surface area (Å²) in [6.45, 7) is 11.6. The summed E-state index contributed by atoms with van der Waals surface area (Å²) in [5.74, 6) is -0.0817. The Balaban J connectivity index is 1.58. The molecule has 0 saturated carbocycles. The molecule has 0 aromatic heterocycles. The molecule has 3 rings (SSSR count). The standard InChI is InChI=1S/C25H41N5O3/c1-20-8-9-22(25(33)26-10-11-29-14-12-28(3)13-15-29)24(20)27-23(32)19-30(18-21(2)31)16-6-4-5-7-17-30/h8H,4-7,9-19H2,1-3H3,(H-,26,27,32,33)/p+1. The van der Waals surface area contributed by atoms with Crippen LogP contribution in [-0.4, -0.2) is 104 Å². The molecule has 0 bridgehead atoms. The number of nitrogens with one attached hydrogen (secondary N) is 2. The number of quaternary nitrogens is 1. The van der Waals surface area contributed by atoms with Crippen LogP contribution in [0.2, 0.25) is 0 Å². The number of hydrogen-bond donors (Lipinski definition) is 2. The highest BCUT2D eigenvalue weighted by Gasteiger charge is 2.34. The van der Waals surface area contributed by atoms with Crippen molar-refractivity contribution >= 4 is 17.6 Å². The Hall–Kier alpha value is -2.03. The topological polar surface area (TPSA) is 81.7 Å². The lowest BCUT2D eigenvalue weighted by Gasteiger charge is -2.36. The first-order valence-corrected chi connectivity index (χ1v) is 12.5. The second kappa shape index (κ2) is 11.9. The van der Waals surface area contributed by atoms with Crippen LogP contribution in [0.5, 0.6) is 0 Å². The van der Waals surface area contributed by atoms with Crippen LogP contribution in [0.15, 0.2) is 22.9 Å². The van der Waals surface area contributed by atoms with Gasteiger partial charge in [0.05, 0.1) is 18.8 Å². The van der Waals surface area contributed by atoms with E-state index in [1.807, 2.05) is 13.0 Å². The van der Waals surface area contributed by atoms with Crippen molar-refractivity contribution in [2.75, 3.05) is 72.5 Å². The summed E-state index contributed by atoms with van der Waals surface area (Å²) >= 11 is 0. The van der Waals surface area contributed by atoms with Gasteiger partial charge in [-0.25, -0.2) is 0 Å². The molecule has 0 atom stereocenters. The highest BCUT2D eigenvalue weighted by atomic mass is 16.2. The van der Waals surface area contributed by atoms with Gasteiger partial charge in [-0.3, -0.25) is 19.3 Å². The van der Waals surface area contributed by atoms with Crippen LogP contribution in [0.25, 0.3) is 0 Å². The maximum absolute atomic E-state index is 13.1. The van der Waals surface area contributed by atoms with Gasteiger partial charge in [-0.2, -0.15) is 0 Å². The Bertz CT molecular complexity index is 788. The lowest BCUT2D eigenvalue weighted by atomic mass is 10.1. The molecule has 2 heterocycles. The fraction of sp³-hybridized carbons (Fsp3) is 0.720. The number of Topliss-reactive ketones (excluding diaryl/α,β-unsaturated/α-hetero) is 1. The molecule has 1 aliphatic carbocycles. The van der Waals surface area contributed by atoms with E-state index in [1.165, 1.54) is 0 Å². The molecule has 2 aliphatic heterocycles. The first-order valence-electron chi connectivity index (χ1n) is 12.5. The molecule has 3 aliphatic rings. The Morgan fingerprint density at radius 3 is 2.30 bits per heavy atom. The average Bonchev–Trinajstić information content (AvgIpc) is 2.96. The van der Waals surface area contributed by atoms with E-state index >= 15 is 0 Å². The first kappa shape index (κ1) is 25.6. The smallest absolute Gasteiger partial charge is 0.279 e. The van der Waals surface area contributed by atoms with Crippen molar-refractivity contribution in [1.82, 2.24) is 20.4 Å². The Labute approximate surface area is 198 Å². The van der Waals surface area contributed by atoms with Gasteiger partial charge in [0.25, 0.3) is 5.91 Å². The van der Waals surface area contributed by atoms with Crippen LogP contribution in [0, 0.1) is 0 Å². The van der Waals surface area contributed by atoms with Crippen LogP contribution in [0.1, 0.15) is 46.0 Å². The number of piperazine rings is 1. The Morgan fingerprint density at radius 2 is 1.67 bits per heavy atom. The van der Waals surface area contributed by atoms with Crippen LogP contribution >= 0.6 is 0 Å². The van der Waals surface area contributed by atoms with Gasteiger partial charge < -0.3 is 20.0 Å². The predicted molar refractivity (Wildman–Crippen MR) is 129 cm³/mol. The van der Waals surface area contributed by atoms with E-state index in [1.54, 1.807) is 6.92 Å². The largest absolute Gasteiger partial charge is 0.351 e. The number of carbonyl (C=O) groups excluding carboxylic acids is 3. The SMILES string of the molecule is CC(=O)C[N+]1(CC(=O)NC2=C(C(=O)NCCN3CCN(C)CC3)CC=C2C)CCCCCC1. The zero-order valence-corrected chi connectivity index (χ0v) is 20.8. The lowest BCUT2D eigenvalue weighted by Crippen LogP contribution is -2.56. The number of likely N-dealkylation sites (tertiary alicyclic amines) is 1. The fourth-order valence-electron chi connectivity index (χ4n) is 5.27. The van der Waals surface area contributed by atoms with Gasteiger partial charge in [0, 0.05) is 51.8 Å². The minimum atomic E-state index is -0.106. The molecule has 0 radical (unpaired) electrons. The van der Waals surface area contributed by atoms with Gasteiger partial charge in [0.1, 0.15) is 6.54 Å². The normalized spacial score (nSPS) is 22.0. The number of hydrogen-bond acceptors (Lipinski definition) is 5. The summed E-state index contributed by atoms with van der Waals surface area (Å²) in [6, 6.07) is 0. The van der Waals surface area contributed by atoms with Gasteiger partial charge >= 0.3 is 0 Å². The third kappa shape index (κ3) is 7.48. The number of nitrogens with zero attached hydrogens (tertiary/aromatic N) is 3. The van der Waals surface area contributed by atoms with E-state index in [2.05, 4.69) is 27.5 Å². The number of likely N-dealkylation sites (N-methyl/N-ethyl adjacent to an activating group) is 1. The summed E-state index contributed by atoms with van der Waals surface area (Å²) in [5.41, 5.74) is 2.21. The molecule has 184 valence electrons. The number of carbonyl (C=O) groups is 3. The minimum Gasteiger partial charge on any atom is -0.351 e. The van der Waals surface area contributed by atoms with Crippen molar-refractivity contribution < 1.29 is 18.9 Å². The van der Waals surface area contributed by atoms with Crippen molar-refractivity contribution in [1.29, 1.82) is 0 Å². The van der Waals surface area contributed by atoms with E-state index in [0.29, 0.717) is 35.3 Å². The van der Waals surface area contributed by atoms with E-state index in [9.17, 15) is 14.4 Å². The molecule has 8 nitrogen and oxygen atoms in total. The highest BCUT2D eigenvalue weighted by Crippen LogP contribution is 2.25. The molecule has 8 heteroatoms. The van der Waals surface area contributed by atoms with Crippen LogP contribution in [0.4, 0.5) is 0 Å². The van der Waals surface area contributed by atoms with Crippen molar-refractivity contribution in [3.05, 3.63) is 22.9 Å². The molecular formula is C25H42N5O3+. The number of amides is 2. The van der Waals surface area contributed by atoms with E-state index in [4.69, 9.17) is 0 Å². The Morgan fingerprint density at radius 1 is 1.00 bits per heavy atom. The van der Waals surface area contributed by atoms with E-state index in [0.717, 1.165) is 77.1 Å². The molecule has 33 heavy (non-hydrogen) atoms. The third-order valence-corrected chi connectivity index (χ3v) is 7.21. The summed E-state index contributed by atoms with van der Waals surface area (Å²) in [5, 5.41) is 6.08. The van der Waals surface area contributed by atoms with Crippen molar-refractivity contribution in [3.63, 3.8) is 0 Å². The predicted octanol–water partition coefficient (Wildman–Crippen LogP) is 1.05. The second-order valence-electron chi connectivity index (χ2n) is 10.1. The van der Waals surface area contributed by atoms with Gasteiger partial charge in [-0.15, -0.1) is 0 Å². The molecule has 0 unspecified atom stereocenters. The molecule has 0 spiro atoms. The molecule has 2 saturated heterocycles. The van der Waals surface area contributed by atoms with E-state index < -0.39 is 0 Å². The highest BCUT2D eigenvalue weighted by molar-refractivity contribution is 5.97. The van der Waals surface area contributed by atoms with Gasteiger partial charge in [-0.05, 0) is 51.6 Å². The van der Waals surface area contributed by atoms with Gasteiger partial charge in [-0.1, -0.05) is 6.08 Å². The Kier molecular flexibility index (Phi) is 9.23. The van der Waals surface area contributed by atoms with Crippen molar-refractivity contribution in [2.45, 2.75) is 46.0 Å². The number of allylic oxidation sites excluding steroid dienone is 2.